The van der Waals surface area contributed by atoms with Crippen molar-refractivity contribution in [1.82, 2.24) is 0 Å². The Morgan fingerprint density at radius 3 is 2.25 bits per heavy atom. The van der Waals surface area contributed by atoms with Crippen LogP contribution in [0.3, 0.4) is 0 Å². The van der Waals surface area contributed by atoms with Crippen molar-refractivity contribution in [3.8, 4) is 0 Å². The molecule has 1 nitrogen and oxygen atoms in total. The van der Waals surface area contributed by atoms with Crippen LogP contribution in [0.1, 0.15) is 57.9 Å². The van der Waals surface area contributed by atoms with E-state index in [2.05, 4.69) is 13.8 Å². The Morgan fingerprint density at radius 1 is 1.00 bits per heavy atom. The van der Waals surface area contributed by atoms with Crippen molar-refractivity contribution in [2.75, 3.05) is 0 Å². The summed E-state index contributed by atoms with van der Waals surface area (Å²) >= 11 is 0. The first-order valence-corrected chi connectivity index (χ1v) is 6.51. The predicted octanol–water partition coefficient (Wildman–Crippen LogP) is 4.25. The molecule has 1 heteroatoms. The van der Waals surface area contributed by atoms with Crippen molar-refractivity contribution in [2.24, 2.45) is 0 Å². The number of hydrogen-bond acceptors (Lipinski definition) is 1. The van der Waals surface area contributed by atoms with Crippen molar-refractivity contribution in [3.63, 3.8) is 0 Å². The van der Waals surface area contributed by atoms with Crippen LogP contribution in [0.15, 0.2) is 30.3 Å². The highest BCUT2D eigenvalue weighted by molar-refractivity contribution is 5.21. The summed E-state index contributed by atoms with van der Waals surface area (Å²) in [6.07, 6.45) is 6.54. The van der Waals surface area contributed by atoms with Gasteiger partial charge in [0.1, 0.15) is 0 Å². The van der Waals surface area contributed by atoms with Crippen LogP contribution in [-0.2, 0) is 5.60 Å². The second-order valence-electron chi connectivity index (χ2n) is 4.56. The Balaban J connectivity index is 2.56. The standard InChI is InChI=1S/C15H24O/c1-3-5-6-10-13-15(16,4-2)14-11-8-7-9-12-14/h7-9,11-12,16H,3-6,10,13H2,1-2H3. The van der Waals surface area contributed by atoms with Gasteiger partial charge in [0.15, 0.2) is 0 Å². The molecule has 0 saturated heterocycles. The molecule has 0 radical (unpaired) electrons. The SMILES string of the molecule is CCCCCCC(O)(CC)c1ccccc1. The van der Waals surface area contributed by atoms with Crippen molar-refractivity contribution in [3.05, 3.63) is 35.9 Å². The van der Waals surface area contributed by atoms with Crippen LogP contribution in [0.5, 0.6) is 0 Å². The minimum Gasteiger partial charge on any atom is -0.385 e. The lowest BCUT2D eigenvalue weighted by Crippen LogP contribution is -2.24. The molecule has 1 aromatic rings. The van der Waals surface area contributed by atoms with Gasteiger partial charge < -0.3 is 5.11 Å². The Hall–Kier alpha value is -0.820. The molecule has 0 aliphatic heterocycles. The topological polar surface area (TPSA) is 20.2 Å². The van der Waals surface area contributed by atoms with Crippen molar-refractivity contribution < 1.29 is 5.11 Å². The van der Waals surface area contributed by atoms with Crippen molar-refractivity contribution in [2.45, 2.75) is 58.0 Å². The molecule has 0 aromatic heterocycles. The molecule has 1 N–H and O–H groups in total. The Morgan fingerprint density at radius 2 is 1.69 bits per heavy atom. The first-order valence-electron chi connectivity index (χ1n) is 6.51. The van der Waals surface area contributed by atoms with Gasteiger partial charge in [-0.2, -0.15) is 0 Å². The van der Waals surface area contributed by atoms with Crippen LogP contribution >= 0.6 is 0 Å². The molecule has 0 spiro atoms. The molecule has 0 fully saturated rings. The van der Waals surface area contributed by atoms with Gasteiger partial charge in [-0.3, -0.25) is 0 Å². The second-order valence-corrected chi connectivity index (χ2v) is 4.56. The van der Waals surface area contributed by atoms with Gasteiger partial charge in [0, 0.05) is 0 Å². The van der Waals surface area contributed by atoms with E-state index in [1.54, 1.807) is 0 Å². The number of hydrogen-bond donors (Lipinski definition) is 1. The van der Waals surface area contributed by atoms with E-state index in [9.17, 15) is 5.11 Å². The third-order valence-electron chi connectivity index (χ3n) is 3.34. The van der Waals surface area contributed by atoms with E-state index in [4.69, 9.17) is 0 Å². The lowest BCUT2D eigenvalue weighted by atomic mass is 9.86. The molecular formula is C15H24O. The highest BCUT2D eigenvalue weighted by atomic mass is 16.3. The van der Waals surface area contributed by atoms with Gasteiger partial charge in [0.2, 0.25) is 0 Å². The maximum absolute atomic E-state index is 10.6. The normalized spacial score (nSPS) is 14.7. The average molecular weight is 220 g/mol. The molecule has 0 aliphatic rings. The van der Waals surface area contributed by atoms with Gasteiger partial charge in [0.05, 0.1) is 5.60 Å². The van der Waals surface area contributed by atoms with Gasteiger partial charge in [0.25, 0.3) is 0 Å². The summed E-state index contributed by atoms with van der Waals surface area (Å²) in [6, 6.07) is 10.1. The molecule has 90 valence electrons. The van der Waals surface area contributed by atoms with E-state index in [1.165, 1.54) is 19.3 Å². The number of benzene rings is 1. The summed E-state index contributed by atoms with van der Waals surface area (Å²) in [7, 11) is 0. The maximum atomic E-state index is 10.6. The summed E-state index contributed by atoms with van der Waals surface area (Å²) < 4.78 is 0. The zero-order valence-electron chi connectivity index (χ0n) is 10.6. The molecule has 0 aliphatic carbocycles. The summed E-state index contributed by atoms with van der Waals surface area (Å²) in [5, 5.41) is 10.6. The minimum atomic E-state index is -0.616. The van der Waals surface area contributed by atoms with Crippen LogP contribution in [0, 0.1) is 0 Å². The van der Waals surface area contributed by atoms with E-state index < -0.39 is 5.60 Å². The number of unbranched alkanes of at least 4 members (excludes halogenated alkanes) is 3. The van der Waals surface area contributed by atoms with E-state index >= 15 is 0 Å². The lowest BCUT2D eigenvalue weighted by Gasteiger charge is -2.27. The molecule has 0 amide bonds. The van der Waals surface area contributed by atoms with E-state index in [0.29, 0.717) is 0 Å². The van der Waals surface area contributed by atoms with Crippen molar-refractivity contribution in [1.29, 1.82) is 0 Å². The average Bonchev–Trinajstić information content (AvgIpc) is 2.35. The second kappa shape index (κ2) is 6.70. The monoisotopic (exact) mass is 220 g/mol. The fourth-order valence-corrected chi connectivity index (χ4v) is 2.12. The molecular weight excluding hydrogens is 196 g/mol. The summed E-state index contributed by atoms with van der Waals surface area (Å²) in [5.41, 5.74) is 0.448. The highest BCUT2D eigenvalue weighted by Gasteiger charge is 2.25. The quantitative estimate of drug-likeness (QED) is 0.681. The molecule has 0 saturated carbocycles. The van der Waals surface area contributed by atoms with Gasteiger partial charge in [-0.15, -0.1) is 0 Å². The first-order chi connectivity index (χ1) is 7.73. The Bertz CT molecular complexity index is 281. The fourth-order valence-electron chi connectivity index (χ4n) is 2.12. The molecule has 0 heterocycles. The Kier molecular flexibility index (Phi) is 5.54. The minimum absolute atomic E-state index is 0.616. The Labute approximate surface area is 99.5 Å². The van der Waals surface area contributed by atoms with Gasteiger partial charge in [-0.1, -0.05) is 69.9 Å². The van der Waals surface area contributed by atoms with Crippen LogP contribution in [0.2, 0.25) is 0 Å². The zero-order valence-corrected chi connectivity index (χ0v) is 10.6. The molecule has 1 unspecified atom stereocenters. The fraction of sp³-hybridized carbons (Fsp3) is 0.600. The number of rotatable bonds is 7. The van der Waals surface area contributed by atoms with E-state index in [-0.39, 0.29) is 0 Å². The molecule has 16 heavy (non-hydrogen) atoms. The lowest BCUT2D eigenvalue weighted by molar-refractivity contribution is 0.0207. The van der Waals surface area contributed by atoms with E-state index in [0.717, 1.165) is 24.8 Å². The van der Waals surface area contributed by atoms with Crippen LogP contribution < -0.4 is 0 Å². The van der Waals surface area contributed by atoms with Gasteiger partial charge >= 0.3 is 0 Å². The van der Waals surface area contributed by atoms with E-state index in [1.807, 2.05) is 30.3 Å². The predicted molar refractivity (Wildman–Crippen MR) is 69.4 cm³/mol. The molecule has 1 aromatic carbocycles. The van der Waals surface area contributed by atoms with Crippen molar-refractivity contribution >= 4 is 0 Å². The molecule has 0 bridgehead atoms. The van der Waals surface area contributed by atoms with Crippen LogP contribution in [-0.4, -0.2) is 5.11 Å². The summed E-state index contributed by atoms with van der Waals surface area (Å²) in [6.45, 7) is 4.27. The van der Waals surface area contributed by atoms with Gasteiger partial charge in [-0.05, 0) is 18.4 Å². The molecule has 1 rings (SSSR count). The third-order valence-corrected chi connectivity index (χ3v) is 3.34. The van der Waals surface area contributed by atoms with Crippen LogP contribution in [0.25, 0.3) is 0 Å². The third kappa shape index (κ3) is 3.64. The zero-order chi connectivity index (χ0) is 11.9. The number of aliphatic hydroxyl groups is 1. The van der Waals surface area contributed by atoms with Gasteiger partial charge in [-0.25, -0.2) is 0 Å². The first kappa shape index (κ1) is 13.2. The summed E-state index contributed by atoms with van der Waals surface area (Å²) in [4.78, 5) is 0. The summed E-state index contributed by atoms with van der Waals surface area (Å²) in [5.74, 6) is 0. The molecule has 1 atom stereocenters. The smallest absolute Gasteiger partial charge is 0.0893 e. The highest BCUT2D eigenvalue weighted by Crippen LogP contribution is 2.30. The largest absolute Gasteiger partial charge is 0.385 e. The van der Waals surface area contributed by atoms with Crippen LogP contribution in [0.4, 0.5) is 0 Å². The maximum Gasteiger partial charge on any atom is 0.0893 e.